The third-order valence-electron chi connectivity index (χ3n) is 4.27. The molecule has 0 heterocycles. The Morgan fingerprint density at radius 2 is 1.56 bits per heavy atom. The van der Waals surface area contributed by atoms with Crippen molar-refractivity contribution in [2.24, 2.45) is 11.5 Å². The number of aromatic hydroxyl groups is 1. The number of carbonyl (C=O) groups is 5. The van der Waals surface area contributed by atoms with Crippen LogP contribution in [0.3, 0.4) is 0 Å². The molecule has 1 aromatic carbocycles. The van der Waals surface area contributed by atoms with Gasteiger partial charge in [-0.15, -0.1) is 0 Å². The first-order valence-corrected chi connectivity index (χ1v) is 10.2. The first kappa shape index (κ1) is 26.7. The summed E-state index contributed by atoms with van der Waals surface area (Å²) in [6.45, 7) is -0.688. The van der Waals surface area contributed by atoms with Gasteiger partial charge in [0.1, 0.15) is 24.4 Å². The first-order chi connectivity index (χ1) is 15.0. The lowest BCUT2D eigenvalue weighted by atomic mass is 10.0. The van der Waals surface area contributed by atoms with Gasteiger partial charge in [0.2, 0.25) is 23.6 Å². The van der Waals surface area contributed by atoms with Crippen molar-refractivity contribution >= 4 is 42.2 Å². The van der Waals surface area contributed by atoms with Crippen LogP contribution < -0.4 is 27.4 Å². The van der Waals surface area contributed by atoms with E-state index in [1.807, 2.05) is 0 Å². The van der Waals surface area contributed by atoms with Crippen molar-refractivity contribution in [1.82, 2.24) is 16.0 Å². The Morgan fingerprint density at radius 1 is 0.969 bits per heavy atom. The summed E-state index contributed by atoms with van der Waals surface area (Å²) in [4.78, 5) is 59.3. The number of thiol groups is 1. The third-order valence-corrected chi connectivity index (χ3v) is 4.66. The van der Waals surface area contributed by atoms with Crippen molar-refractivity contribution in [2.45, 2.75) is 37.4 Å². The van der Waals surface area contributed by atoms with Gasteiger partial charge in [-0.3, -0.25) is 24.0 Å². The van der Waals surface area contributed by atoms with Gasteiger partial charge >= 0.3 is 5.97 Å². The summed E-state index contributed by atoms with van der Waals surface area (Å²) in [7, 11) is 0. The Balaban J connectivity index is 3.03. The molecule has 176 valence electrons. The largest absolute Gasteiger partial charge is 0.508 e. The van der Waals surface area contributed by atoms with Crippen molar-refractivity contribution in [2.75, 3.05) is 12.3 Å². The fourth-order valence-corrected chi connectivity index (χ4v) is 2.72. The van der Waals surface area contributed by atoms with Crippen LogP contribution in [0, 0.1) is 0 Å². The van der Waals surface area contributed by atoms with Gasteiger partial charge in [0.15, 0.2) is 0 Å². The number of hydrogen-bond donors (Lipinski definition) is 8. The lowest BCUT2D eigenvalue weighted by Crippen LogP contribution is -2.57. The second-order valence-electron chi connectivity index (χ2n) is 6.90. The third kappa shape index (κ3) is 9.66. The SMILES string of the molecule is NC(=O)CCC(NC(=O)C(Cc1ccc(O)cc1)NC(=O)C(N)CS)C(=O)NCC(=O)O. The van der Waals surface area contributed by atoms with Crippen molar-refractivity contribution in [3.63, 3.8) is 0 Å². The molecular formula is C19H27N5O7S. The predicted octanol–water partition coefficient (Wildman–Crippen LogP) is -2.37. The Hall–Kier alpha value is -3.32. The summed E-state index contributed by atoms with van der Waals surface area (Å²) in [5.41, 5.74) is 11.3. The summed E-state index contributed by atoms with van der Waals surface area (Å²) in [5.74, 6) is -4.22. The number of hydrogen-bond acceptors (Lipinski definition) is 8. The van der Waals surface area contributed by atoms with Gasteiger partial charge in [-0.05, 0) is 24.1 Å². The number of carboxylic acid groups (broad SMARTS) is 1. The van der Waals surface area contributed by atoms with Crippen LogP contribution in [0.5, 0.6) is 5.75 Å². The Labute approximate surface area is 189 Å². The summed E-state index contributed by atoms with van der Waals surface area (Å²) in [5, 5.41) is 25.2. The second-order valence-corrected chi connectivity index (χ2v) is 7.26. The Morgan fingerprint density at radius 3 is 2.09 bits per heavy atom. The van der Waals surface area contributed by atoms with Crippen LogP contribution >= 0.6 is 12.6 Å². The molecule has 0 aliphatic carbocycles. The standard InChI is InChI=1S/C19H27N5O7S/c20-12(9-32)17(29)24-14(7-10-1-3-11(25)4-2-10)19(31)23-13(5-6-15(21)26)18(30)22-8-16(27)28/h1-4,12-14,25,32H,5-9,20H2,(H2,21,26)(H,22,30)(H,23,31)(H,24,29)(H,27,28). The number of carboxylic acids is 1. The lowest BCUT2D eigenvalue weighted by molar-refractivity contribution is -0.138. The van der Waals surface area contributed by atoms with E-state index in [0.29, 0.717) is 5.56 Å². The van der Waals surface area contributed by atoms with Gasteiger partial charge in [-0.2, -0.15) is 12.6 Å². The number of nitrogens with one attached hydrogen (secondary N) is 3. The highest BCUT2D eigenvalue weighted by atomic mass is 32.1. The van der Waals surface area contributed by atoms with E-state index < -0.39 is 54.3 Å². The minimum Gasteiger partial charge on any atom is -0.508 e. The van der Waals surface area contributed by atoms with E-state index in [1.54, 1.807) is 12.1 Å². The molecule has 0 fully saturated rings. The van der Waals surface area contributed by atoms with E-state index in [0.717, 1.165) is 0 Å². The zero-order chi connectivity index (χ0) is 24.3. The normalized spacial score (nSPS) is 13.3. The lowest BCUT2D eigenvalue weighted by Gasteiger charge is -2.24. The molecule has 3 unspecified atom stereocenters. The van der Waals surface area contributed by atoms with Gasteiger partial charge in [-0.1, -0.05) is 12.1 Å². The highest BCUT2D eigenvalue weighted by Crippen LogP contribution is 2.12. The van der Waals surface area contributed by atoms with E-state index in [4.69, 9.17) is 16.6 Å². The van der Waals surface area contributed by atoms with Crippen molar-refractivity contribution in [1.29, 1.82) is 0 Å². The summed E-state index contributed by atoms with van der Waals surface area (Å²) in [6.07, 6.45) is -0.427. The zero-order valence-corrected chi connectivity index (χ0v) is 18.0. The average molecular weight is 470 g/mol. The summed E-state index contributed by atoms with van der Waals surface area (Å²) >= 11 is 3.95. The molecule has 0 saturated heterocycles. The number of rotatable bonds is 13. The number of benzene rings is 1. The molecule has 1 rings (SSSR count). The number of primary amides is 1. The van der Waals surface area contributed by atoms with E-state index >= 15 is 0 Å². The first-order valence-electron chi connectivity index (χ1n) is 9.56. The number of phenols is 1. The van der Waals surface area contributed by atoms with Crippen molar-refractivity contribution in [3.05, 3.63) is 29.8 Å². The molecule has 1 aromatic rings. The molecule has 0 aliphatic rings. The minimum absolute atomic E-state index is 0.00354. The molecule has 0 aromatic heterocycles. The monoisotopic (exact) mass is 469 g/mol. The molecule has 9 N–H and O–H groups in total. The van der Waals surface area contributed by atoms with E-state index in [9.17, 15) is 29.1 Å². The fraction of sp³-hybridized carbons (Fsp3) is 0.421. The predicted molar refractivity (Wildman–Crippen MR) is 117 cm³/mol. The Bertz CT molecular complexity index is 834. The summed E-state index contributed by atoms with van der Waals surface area (Å²) in [6, 6.07) is 2.47. The maximum atomic E-state index is 12.9. The number of nitrogens with two attached hydrogens (primary N) is 2. The topological polar surface area (TPSA) is 214 Å². The highest BCUT2D eigenvalue weighted by molar-refractivity contribution is 7.80. The van der Waals surface area contributed by atoms with Gasteiger partial charge in [0, 0.05) is 18.6 Å². The van der Waals surface area contributed by atoms with Crippen LogP contribution in [0.2, 0.25) is 0 Å². The molecule has 0 bridgehead atoms. The minimum atomic E-state index is -1.29. The van der Waals surface area contributed by atoms with Crippen LogP contribution in [0.25, 0.3) is 0 Å². The maximum Gasteiger partial charge on any atom is 0.322 e. The Kier molecular flexibility index (Phi) is 11.0. The summed E-state index contributed by atoms with van der Waals surface area (Å²) < 4.78 is 0. The zero-order valence-electron chi connectivity index (χ0n) is 17.1. The maximum absolute atomic E-state index is 12.9. The molecule has 0 radical (unpaired) electrons. The number of carbonyl (C=O) groups excluding carboxylic acids is 4. The molecule has 0 spiro atoms. The molecule has 32 heavy (non-hydrogen) atoms. The molecule has 3 atom stereocenters. The average Bonchev–Trinajstić information content (AvgIpc) is 2.74. The van der Waals surface area contributed by atoms with Gasteiger partial charge < -0.3 is 37.6 Å². The van der Waals surface area contributed by atoms with Crippen LogP contribution in [0.15, 0.2) is 24.3 Å². The molecule has 13 heteroatoms. The van der Waals surface area contributed by atoms with E-state index in [-0.39, 0.29) is 30.8 Å². The molecule has 0 saturated carbocycles. The highest BCUT2D eigenvalue weighted by Gasteiger charge is 2.28. The number of phenolic OH excluding ortho intramolecular Hbond substituents is 1. The molecular weight excluding hydrogens is 442 g/mol. The molecule has 4 amide bonds. The van der Waals surface area contributed by atoms with Gasteiger partial charge in [-0.25, -0.2) is 0 Å². The van der Waals surface area contributed by atoms with Crippen molar-refractivity contribution in [3.8, 4) is 5.75 Å². The number of aliphatic carboxylic acids is 1. The van der Waals surface area contributed by atoms with Crippen molar-refractivity contribution < 1.29 is 34.2 Å². The van der Waals surface area contributed by atoms with E-state index in [2.05, 4.69) is 28.6 Å². The second kappa shape index (κ2) is 13.2. The molecule has 12 nitrogen and oxygen atoms in total. The van der Waals surface area contributed by atoms with E-state index in [1.165, 1.54) is 12.1 Å². The van der Waals surface area contributed by atoms with Crippen LogP contribution in [0.1, 0.15) is 18.4 Å². The van der Waals surface area contributed by atoms with Crippen LogP contribution in [-0.2, 0) is 30.4 Å². The van der Waals surface area contributed by atoms with Gasteiger partial charge in [0.05, 0.1) is 6.04 Å². The van der Waals surface area contributed by atoms with Crippen LogP contribution in [-0.4, -0.2) is 70.2 Å². The smallest absolute Gasteiger partial charge is 0.322 e. The number of amides is 4. The van der Waals surface area contributed by atoms with Crippen LogP contribution in [0.4, 0.5) is 0 Å². The fourth-order valence-electron chi connectivity index (χ4n) is 2.55. The molecule has 0 aliphatic heterocycles. The quantitative estimate of drug-likeness (QED) is 0.146. The van der Waals surface area contributed by atoms with Gasteiger partial charge in [0.25, 0.3) is 0 Å².